The fourth-order valence-electron chi connectivity index (χ4n) is 1.28. The molecule has 0 unspecified atom stereocenters. The van der Waals surface area contributed by atoms with E-state index in [1.54, 1.807) is 29.2 Å². The largest absolute Gasteiger partial charge is 0.491 e. The summed E-state index contributed by atoms with van der Waals surface area (Å²) in [6.07, 6.45) is 3.39. The van der Waals surface area contributed by atoms with Crippen molar-refractivity contribution in [3.63, 3.8) is 0 Å². The summed E-state index contributed by atoms with van der Waals surface area (Å²) in [5.41, 5.74) is 0.808. The van der Waals surface area contributed by atoms with Crippen molar-refractivity contribution in [2.24, 2.45) is 0 Å². The number of benzene rings is 1. The van der Waals surface area contributed by atoms with Crippen LogP contribution >= 0.6 is 0 Å². The van der Waals surface area contributed by atoms with E-state index in [0.717, 1.165) is 5.69 Å². The lowest BCUT2D eigenvalue weighted by molar-refractivity contribution is 0.340. The van der Waals surface area contributed by atoms with Crippen molar-refractivity contribution in [2.75, 3.05) is 6.61 Å². The van der Waals surface area contributed by atoms with Crippen LogP contribution in [0.3, 0.4) is 0 Å². The van der Waals surface area contributed by atoms with Crippen LogP contribution in [-0.2, 0) is 0 Å². The maximum Gasteiger partial charge on any atom is 0.157 e. The minimum atomic E-state index is -0.254. The van der Waals surface area contributed by atoms with Gasteiger partial charge in [-0.2, -0.15) is 5.10 Å². The summed E-state index contributed by atoms with van der Waals surface area (Å²) < 4.78 is 19.6. The molecule has 0 saturated heterocycles. The topological polar surface area (TPSA) is 27.1 Å². The molecule has 0 radical (unpaired) electrons. The third-order valence-corrected chi connectivity index (χ3v) is 1.96. The lowest BCUT2D eigenvalue weighted by atomic mass is 10.3. The van der Waals surface area contributed by atoms with Gasteiger partial charge in [0.05, 0.1) is 24.7 Å². The Hall–Kier alpha value is -1.84. The second kappa shape index (κ2) is 4.13. The molecule has 0 amide bonds. The van der Waals surface area contributed by atoms with E-state index >= 15 is 0 Å². The minimum Gasteiger partial charge on any atom is -0.491 e. The average Bonchev–Trinajstić information content (AvgIpc) is 2.68. The van der Waals surface area contributed by atoms with Crippen LogP contribution in [0.15, 0.2) is 36.7 Å². The zero-order valence-corrected chi connectivity index (χ0v) is 8.35. The van der Waals surface area contributed by atoms with Gasteiger partial charge in [-0.05, 0) is 31.2 Å². The van der Waals surface area contributed by atoms with Crippen LogP contribution in [0.1, 0.15) is 6.92 Å². The predicted octanol–water partition coefficient (Wildman–Crippen LogP) is 2.41. The SMILES string of the molecule is CCOc1cnn(-c2ccc(F)cc2)c1. The molecule has 4 heteroatoms. The molecule has 1 aromatic carbocycles. The number of hydrogen-bond acceptors (Lipinski definition) is 2. The van der Waals surface area contributed by atoms with Crippen LogP contribution in [0, 0.1) is 5.82 Å². The molecule has 1 aromatic heterocycles. The quantitative estimate of drug-likeness (QED) is 0.771. The number of aromatic nitrogens is 2. The van der Waals surface area contributed by atoms with Gasteiger partial charge in [0.1, 0.15) is 5.82 Å². The lowest BCUT2D eigenvalue weighted by Gasteiger charge is -2.00. The summed E-state index contributed by atoms with van der Waals surface area (Å²) in [5.74, 6) is 0.456. The maximum atomic E-state index is 12.7. The fourth-order valence-corrected chi connectivity index (χ4v) is 1.28. The Morgan fingerprint density at radius 3 is 2.73 bits per heavy atom. The van der Waals surface area contributed by atoms with Crippen molar-refractivity contribution < 1.29 is 9.13 Å². The molecular formula is C11H11FN2O. The van der Waals surface area contributed by atoms with Crippen molar-refractivity contribution in [3.8, 4) is 11.4 Å². The molecular weight excluding hydrogens is 195 g/mol. The van der Waals surface area contributed by atoms with E-state index in [1.807, 2.05) is 6.92 Å². The Balaban J connectivity index is 2.25. The first-order valence-corrected chi connectivity index (χ1v) is 4.73. The summed E-state index contributed by atoms with van der Waals surface area (Å²) in [4.78, 5) is 0. The highest BCUT2D eigenvalue weighted by molar-refractivity contribution is 5.32. The van der Waals surface area contributed by atoms with Crippen LogP contribution in [0.5, 0.6) is 5.75 Å². The van der Waals surface area contributed by atoms with E-state index in [4.69, 9.17) is 4.74 Å². The summed E-state index contributed by atoms with van der Waals surface area (Å²) >= 11 is 0. The first-order chi connectivity index (χ1) is 7.29. The first-order valence-electron chi connectivity index (χ1n) is 4.73. The molecule has 15 heavy (non-hydrogen) atoms. The smallest absolute Gasteiger partial charge is 0.157 e. The number of ether oxygens (including phenoxy) is 1. The average molecular weight is 206 g/mol. The van der Waals surface area contributed by atoms with E-state index in [-0.39, 0.29) is 5.82 Å². The van der Waals surface area contributed by atoms with Crippen molar-refractivity contribution >= 4 is 0 Å². The normalized spacial score (nSPS) is 10.3. The van der Waals surface area contributed by atoms with Crippen molar-refractivity contribution in [2.45, 2.75) is 6.92 Å². The molecule has 0 atom stereocenters. The molecule has 0 saturated carbocycles. The van der Waals surface area contributed by atoms with Gasteiger partial charge in [0.15, 0.2) is 5.75 Å². The number of nitrogens with zero attached hydrogens (tertiary/aromatic N) is 2. The minimum absolute atomic E-state index is 0.254. The Labute approximate surface area is 87.1 Å². The van der Waals surface area contributed by atoms with Crippen molar-refractivity contribution in [1.82, 2.24) is 9.78 Å². The third kappa shape index (κ3) is 2.15. The van der Waals surface area contributed by atoms with Crippen LogP contribution in [0.25, 0.3) is 5.69 Å². The highest BCUT2D eigenvalue weighted by Gasteiger charge is 2.00. The number of rotatable bonds is 3. The van der Waals surface area contributed by atoms with Gasteiger partial charge in [-0.3, -0.25) is 0 Å². The van der Waals surface area contributed by atoms with Gasteiger partial charge in [-0.1, -0.05) is 0 Å². The van der Waals surface area contributed by atoms with E-state index < -0.39 is 0 Å². The van der Waals surface area contributed by atoms with Gasteiger partial charge in [0.2, 0.25) is 0 Å². The third-order valence-electron chi connectivity index (χ3n) is 1.96. The molecule has 0 bridgehead atoms. The Morgan fingerprint density at radius 1 is 1.33 bits per heavy atom. The molecule has 2 rings (SSSR count). The van der Waals surface area contributed by atoms with E-state index in [0.29, 0.717) is 12.4 Å². The lowest BCUT2D eigenvalue weighted by Crippen LogP contribution is -1.94. The van der Waals surface area contributed by atoms with Crippen LogP contribution in [-0.4, -0.2) is 16.4 Å². The highest BCUT2D eigenvalue weighted by Crippen LogP contribution is 2.13. The van der Waals surface area contributed by atoms with E-state index in [1.165, 1.54) is 12.1 Å². The van der Waals surface area contributed by atoms with Gasteiger partial charge in [0.25, 0.3) is 0 Å². The second-order valence-electron chi connectivity index (χ2n) is 3.03. The molecule has 3 nitrogen and oxygen atoms in total. The van der Waals surface area contributed by atoms with Gasteiger partial charge in [-0.15, -0.1) is 0 Å². The Kier molecular flexibility index (Phi) is 2.67. The van der Waals surface area contributed by atoms with Gasteiger partial charge < -0.3 is 4.74 Å². The van der Waals surface area contributed by atoms with Crippen LogP contribution < -0.4 is 4.74 Å². The number of halogens is 1. The first kappa shape index (κ1) is 9.71. The fraction of sp³-hybridized carbons (Fsp3) is 0.182. The van der Waals surface area contributed by atoms with E-state index in [9.17, 15) is 4.39 Å². The van der Waals surface area contributed by atoms with Crippen molar-refractivity contribution in [1.29, 1.82) is 0 Å². The Morgan fingerprint density at radius 2 is 2.07 bits per heavy atom. The molecule has 0 fully saturated rings. The second-order valence-corrected chi connectivity index (χ2v) is 3.03. The highest BCUT2D eigenvalue weighted by atomic mass is 19.1. The predicted molar refractivity (Wildman–Crippen MR) is 54.7 cm³/mol. The zero-order valence-electron chi connectivity index (χ0n) is 8.35. The standard InChI is InChI=1S/C11H11FN2O/c1-2-15-11-7-13-14(8-11)10-5-3-9(12)4-6-10/h3-8H,2H2,1H3. The van der Waals surface area contributed by atoms with Crippen LogP contribution in [0.4, 0.5) is 4.39 Å². The summed E-state index contributed by atoms with van der Waals surface area (Å²) in [6, 6.07) is 6.13. The molecule has 0 aliphatic heterocycles. The van der Waals surface area contributed by atoms with Gasteiger partial charge in [0, 0.05) is 0 Å². The molecule has 1 heterocycles. The molecule has 0 aliphatic rings. The monoisotopic (exact) mass is 206 g/mol. The zero-order chi connectivity index (χ0) is 10.7. The molecule has 0 aliphatic carbocycles. The maximum absolute atomic E-state index is 12.7. The molecule has 2 aromatic rings. The van der Waals surface area contributed by atoms with Crippen LogP contribution in [0.2, 0.25) is 0 Å². The Bertz CT molecular complexity index is 436. The number of hydrogen-bond donors (Lipinski definition) is 0. The summed E-state index contributed by atoms with van der Waals surface area (Å²) in [5, 5.41) is 4.10. The van der Waals surface area contributed by atoms with Gasteiger partial charge in [-0.25, -0.2) is 9.07 Å². The summed E-state index contributed by atoms with van der Waals surface area (Å²) in [7, 11) is 0. The van der Waals surface area contributed by atoms with Gasteiger partial charge >= 0.3 is 0 Å². The molecule has 0 N–H and O–H groups in total. The molecule has 78 valence electrons. The summed E-state index contributed by atoms with van der Waals surface area (Å²) in [6.45, 7) is 2.52. The molecule has 0 spiro atoms. The van der Waals surface area contributed by atoms with E-state index in [2.05, 4.69) is 5.10 Å². The van der Waals surface area contributed by atoms with Crippen molar-refractivity contribution in [3.05, 3.63) is 42.5 Å².